The fourth-order valence-corrected chi connectivity index (χ4v) is 2.78. The van der Waals surface area contributed by atoms with Crippen molar-refractivity contribution >= 4 is 0 Å². The van der Waals surface area contributed by atoms with Crippen LogP contribution in [0.2, 0.25) is 0 Å². The molecule has 0 fully saturated rings. The summed E-state index contributed by atoms with van der Waals surface area (Å²) in [7, 11) is 0. The zero-order chi connectivity index (χ0) is 18.8. The molecule has 4 nitrogen and oxygen atoms in total. The van der Waals surface area contributed by atoms with E-state index in [0.29, 0.717) is 0 Å². The molecule has 4 heteroatoms. The Morgan fingerprint density at radius 1 is 0.625 bits per heavy atom. The van der Waals surface area contributed by atoms with Crippen molar-refractivity contribution in [1.82, 2.24) is 4.90 Å². The molecule has 3 N–H and O–H groups in total. The van der Waals surface area contributed by atoms with Crippen molar-refractivity contribution in [3.63, 3.8) is 0 Å². The third-order valence-corrected chi connectivity index (χ3v) is 4.15. The number of aliphatic hydroxyl groups excluding tert-OH is 3. The molecule has 0 bridgehead atoms. The highest BCUT2D eigenvalue weighted by atomic mass is 16.4. The molecule has 0 aliphatic heterocycles. The molecule has 0 saturated carbocycles. The molecule has 0 aromatic heterocycles. The molecule has 0 heterocycles. The van der Waals surface area contributed by atoms with Crippen LogP contribution in [0.4, 0.5) is 0 Å². The number of unbranched alkanes of at least 4 members (excludes halogenated alkanes) is 11. The third-order valence-electron chi connectivity index (χ3n) is 4.15. The van der Waals surface area contributed by atoms with Crippen LogP contribution >= 0.6 is 0 Å². The molecule has 0 rings (SSSR count). The van der Waals surface area contributed by atoms with Gasteiger partial charge in [0.05, 0.1) is 0 Å². The highest BCUT2D eigenvalue weighted by Crippen LogP contribution is 2.11. The predicted octanol–water partition coefficient (Wildman–Crippen LogP) is 4.82. The molecule has 24 heavy (non-hydrogen) atoms. The van der Waals surface area contributed by atoms with Gasteiger partial charge in [0, 0.05) is 0 Å². The van der Waals surface area contributed by atoms with Crippen molar-refractivity contribution in [2.75, 3.05) is 0 Å². The minimum Gasteiger partial charge on any atom is -0.379 e. The number of hydrogen-bond donors (Lipinski definition) is 3. The van der Waals surface area contributed by atoms with Crippen LogP contribution in [0.5, 0.6) is 0 Å². The molecule has 0 aliphatic carbocycles. The van der Waals surface area contributed by atoms with E-state index in [-0.39, 0.29) is 0 Å². The van der Waals surface area contributed by atoms with Gasteiger partial charge in [0.1, 0.15) is 18.7 Å². The summed E-state index contributed by atoms with van der Waals surface area (Å²) in [4.78, 5) is 1.17. The highest BCUT2D eigenvalue weighted by Gasteiger charge is 2.20. The fourth-order valence-electron chi connectivity index (χ4n) is 2.78. The number of hydrogen-bond acceptors (Lipinski definition) is 4. The Morgan fingerprint density at radius 3 is 1.12 bits per heavy atom. The Hall–Kier alpha value is -0.160. The first-order chi connectivity index (χ1) is 11.4. The van der Waals surface area contributed by atoms with Crippen molar-refractivity contribution in [2.45, 2.75) is 123 Å². The molecular formula is C20H44NO3. The molecule has 147 valence electrons. The summed E-state index contributed by atoms with van der Waals surface area (Å²) in [5.74, 6) is 0. The van der Waals surface area contributed by atoms with E-state index in [4.69, 9.17) is 15.3 Å². The Bertz CT molecular complexity index is 202. The summed E-state index contributed by atoms with van der Waals surface area (Å²) in [5, 5.41) is 26.9. The average molecular weight is 347 g/mol. The highest BCUT2D eigenvalue weighted by molar-refractivity contribution is 4.58. The van der Waals surface area contributed by atoms with E-state index in [2.05, 4.69) is 13.8 Å². The van der Waals surface area contributed by atoms with Gasteiger partial charge >= 0.3 is 0 Å². The van der Waals surface area contributed by atoms with Gasteiger partial charge in [-0.15, -0.1) is 0 Å². The Labute approximate surface area is 151 Å². The molecule has 0 amide bonds. The third kappa shape index (κ3) is 18.2. The second-order valence-corrected chi connectivity index (χ2v) is 6.73. The van der Waals surface area contributed by atoms with Crippen molar-refractivity contribution in [2.24, 2.45) is 0 Å². The van der Waals surface area contributed by atoms with E-state index in [0.717, 1.165) is 6.42 Å². The van der Waals surface area contributed by atoms with Crippen LogP contribution in [0.3, 0.4) is 0 Å². The second kappa shape index (κ2) is 19.2. The summed E-state index contributed by atoms with van der Waals surface area (Å²) in [6.07, 6.45) is 14.4. The van der Waals surface area contributed by atoms with E-state index in [1.807, 2.05) is 0 Å². The molecule has 0 saturated heterocycles. The lowest BCUT2D eigenvalue weighted by Crippen LogP contribution is -2.45. The SMILES string of the molecule is CC(O)N(C(C)O)C(C)O.[CH2]CCCCCCCCCCCCC. The zero-order valence-electron chi connectivity index (χ0n) is 16.7. The quantitative estimate of drug-likeness (QED) is 0.311. The summed E-state index contributed by atoms with van der Waals surface area (Å²) in [5.41, 5.74) is 0. The molecular weight excluding hydrogens is 302 g/mol. The van der Waals surface area contributed by atoms with Gasteiger partial charge in [-0.3, -0.25) is 0 Å². The molecule has 3 atom stereocenters. The second-order valence-electron chi connectivity index (χ2n) is 6.73. The van der Waals surface area contributed by atoms with Crippen molar-refractivity contribution in [3.05, 3.63) is 6.92 Å². The maximum atomic E-state index is 8.96. The minimum atomic E-state index is -0.833. The standard InChI is InChI=1S/C14H29.C6H15NO3/c1-3-5-7-9-11-13-14-12-10-8-6-4-2;1-4(8)7(5(2)9)6(3)10/h1,3-14H2,2H3;4-6,8-10H,1-3H3. The van der Waals surface area contributed by atoms with Gasteiger partial charge in [-0.2, -0.15) is 0 Å². The fraction of sp³-hybridized carbons (Fsp3) is 0.950. The summed E-state index contributed by atoms with van der Waals surface area (Å²) < 4.78 is 0. The first-order valence-electron chi connectivity index (χ1n) is 9.99. The Kier molecular flexibility index (Phi) is 20.8. The van der Waals surface area contributed by atoms with Gasteiger partial charge in [0.15, 0.2) is 0 Å². The topological polar surface area (TPSA) is 63.9 Å². The molecule has 1 radical (unpaired) electrons. The van der Waals surface area contributed by atoms with Crippen molar-refractivity contribution in [3.8, 4) is 0 Å². The van der Waals surface area contributed by atoms with Gasteiger partial charge in [-0.05, 0) is 20.8 Å². The van der Waals surface area contributed by atoms with Crippen LogP contribution in [0.25, 0.3) is 0 Å². The Morgan fingerprint density at radius 2 is 0.917 bits per heavy atom. The summed E-state index contributed by atoms with van der Waals surface area (Å²) in [6, 6.07) is 0. The van der Waals surface area contributed by atoms with Crippen LogP contribution in [0.15, 0.2) is 0 Å². The summed E-state index contributed by atoms with van der Waals surface area (Å²) in [6.45, 7) is 10.6. The van der Waals surface area contributed by atoms with Gasteiger partial charge < -0.3 is 15.3 Å². The number of rotatable bonds is 14. The van der Waals surface area contributed by atoms with Gasteiger partial charge in [-0.25, -0.2) is 4.90 Å². The van der Waals surface area contributed by atoms with Crippen LogP contribution < -0.4 is 0 Å². The predicted molar refractivity (Wildman–Crippen MR) is 103 cm³/mol. The molecule has 0 aromatic rings. The lowest BCUT2D eigenvalue weighted by atomic mass is 10.1. The van der Waals surface area contributed by atoms with Crippen molar-refractivity contribution < 1.29 is 15.3 Å². The normalized spacial score (nSPS) is 14.9. The van der Waals surface area contributed by atoms with Crippen molar-refractivity contribution in [1.29, 1.82) is 0 Å². The van der Waals surface area contributed by atoms with Crippen LogP contribution in [0, 0.1) is 6.92 Å². The smallest absolute Gasteiger partial charge is 0.108 e. The maximum absolute atomic E-state index is 8.96. The van der Waals surface area contributed by atoms with E-state index in [9.17, 15) is 0 Å². The number of aliphatic hydroxyl groups is 3. The molecule has 0 aromatic carbocycles. The van der Waals surface area contributed by atoms with Gasteiger partial charge in [0.25, 0.3) is 0 Å². The zero-order valence-corrected chi connectivity index (χ0v) is 16.7. The van der Waals surface area contributed by atoms with E-state index < -0.39 is 18.7 Å². The monoisotopic (exact) mass is 346 g/mol. The van der Waals surface area contributed by atoms with E-state index in [1.54, 1.807) is 0 Å². The maximum Gasteiger partial charge on any atom is 0.108 e. The molecule has 0 aliphatic rings. The van der Waals surface area contributed by atoms with E-state index in [1.165, 1.54) is 96.3 Å². The largest absolute Gasteiger partial charge is 0.379 e. The van der Waals surface area contributed by atoms with Crippen LogP contribution in [0.1, 0.15) is 105 Å². The van der Waals surface area contributed by atoms with Crippen LogP contribution in [-0.2, 0) is 0 Å². The lowest BCUT2D eigenvalue weighted by molar-refractivity contribution is -0.159. The van der Waals surface area contributed by atoms with Crippen LogP contribution in [-0.4, -0.2) is 38.9 Å². The minimum absolute atomic E-state index is 0.833. The van der Waals surface area contributed by atoms with E-state index >= 15 is 0 Å². The number of nitrogens with zero attached hydrogens (tertiary/aromatic N) is 1. The van der Waals surface area contributed by atoms with Gasteiger partial charge in [0.2, 0.25) is 0 Å². The first kappa shape index (κ1) is 26.1. The first-order valence-corrected chi connectivity index (χ1v) is 9.99. The molecule has 0 spiro atoms. The average Bonchev–Trinajstić information content (AvgIpc) is 2.48. The lowest BCUT2D eigenvalue weighted by Gasteiger charge is -2.30. The van der Waals surface area contributed by atoms with Gasteiger partial charge in [-0.1, -0.05) is 90.9 Å². The Balaban J connectivity index is 0. The molecule has 3 unspecified atom stereocenters. The summed E-state index contributed by atoms with van der Waals surface area (Å²) >= 11 is 0.